The summed E-state index contributed by atoms with van der Waals surface area (Å²) in [7, 11) is -3.54. The topological polar surface area (TPSA) is 74.7 Å². The summed E-state index contributed by atoms with van der Waals surface area (Å²) < 4.78 is 22.4. The standard InChI is InChI=1S/C7H13NO4S/c1-5(4-9)8-6(10)7(2,3)13(8,11)12/h5,9H,4H2,1-3H3/t5-/m0/s1. The van der Waals surface area contributed by atoms with Crippen molar-refractivity contribution < 1.29 is 18.3 Å². The van der Waals surface area contributed by atoms with Gasteiger partial charge in [-0.05, 0) is 20.8 Å². The summed E-state index contributed by atoms with van der Waals surface area (Å²) in [6, 6.07) is -0.662. The monoisotopic (exact) mass is 207 g/mol. The van der Waals surface area contributed by atoms with E-state index >= 15 is 0 Å². The first-order valence-corrected chi connectivity index (χ1v) is 5.40. The van der Waals surface area contributed by atoms with E-state index in [4.69, 9.17) is 5.11 Å². The van der Waals surface area contributed by atoms with Crippen molar-refractivity contribution in [2.75, 3.05) is 6.61 Å². The van der Waals surface area contributed by atoms with Crippen molar-refractivity contribution >= 4 is 15.9 Å². The van der Waals surface area contributed by atoms with Crippen LogP contribution in [0.4, 0.5) is 0 Å². The third-order valence-electron chi connectivity index (χ3n) is 2.28. The van der Waals surface area contributed by atoms with Crippen LogP contribution < -0.4 is 0 Å². The summed E-state index contributed by atoms with van der Waals surface area (Å²) in [6.07, 6.45) is 0. The number of carbonyl (C=O) groups is 1. The molecule has 1 amide bonds. The van der Waals surface area contributed by atoms with Crippen LogP contribution in [0.1, 0.15) is 20.8 Å². The molecular weight excluding hydrogens is 194 g/mol. The van der Waals surface area contributed by atoms with Gasteiger partial charge < -0.3 is 5.11 Å². The summed E-state index contributed by atoms with van der Waals surface area (Å²) in [5.74, 6) is -0.450. The van der Waals surface area contributed by atoms with E-state index in [2.05, 4.69) is 0 Å². The molecule has 0 aromatic carbocycles. The molecule has 0 aromatic heterocycles. The van der Waals surface area contributed by atoms with Crippen molar-refractivity contribution in [2.24, 2.45) is 0 Å². The van der Waals surface area contributed by atoms with Gasteiger partial charge in [-0.2, -0.15) is 0 Å². The number of hydrogen-bond acceptors (Lipinski definition) is 4. The number of aliphatic hydroxyl groups is 1. The van der Waals surface area contributed by atoms with Crippen molar-refractivity contribution in [1.82, 2.24) is 4.31 Å². The second kappa shape index (κ2) is 2.68. The largest absolute Gasteiger partial charge is 0.394 e. The lowest BCUT2D eigenvalue weighted by Gasteiger charge is -2.45. The molecule has 1 heterocycles. The van der Waals surface area contributed by atoms with Gasteiger partial charge in [0, 0.05) is 0 Å². The summed E-state index contributed by atoms with van der Waals surface area (Å²) in [6.45, 7) is 3.88. The Morgan fingerprint density at radius 3 is 2.31 bits per heavy atom. The number of carbonyl (C=O) groups excluding carboxylic acids is 1. The second-order valence-corrected chi connectivity index (χ2v) is 6.01. The molecule has 1 saturated heterocycles. The van der Waals surface area contributed by atoms with Gasteiger partial charge in [0.1, 0.15) is 0 Å². The molecule has 1 fully saturated rings. The van der Waals surface area contributed by atoms with E-state index in [1.165, 1.54) is 20.8 Å². The van der Waals surface area contributed by atoms with Crippen LogP contribution in [0.15, 0.2) is 0 Å². The molecule has 13 heavy (non-hydrogen) atoms. The first-order valence-electron chi connectivity index (χ1n) is 3.96. The maximum atomic E-state index is 11.5. The highest BCUT2D eigenvalue weighted by Crippen LogP contribution is 2.36. The molecule has 1 aliphatic heterocycles. The second-order valence-electron chi connectivity index (χ2n) is 3.65. The van der Waals surface area contributed by atoms with E-state index in [9.17, 15) is 13.2 Å². The summed E-state index contributed by atoms with van der Waals surface area (Å²) >= 11 is 0. The van der Waals surface area contributed by atoms with E-state index in [0.29, 0.717) is 0 Å². The summed E-state index contributed by atoms with van der Waals surface area (Å²) in [4.78, 5) is 11.3. The molecule has 5 nitrogen and oxygen atoms in total. The lowest BCUT2D eigenvalue weighted by molar-refractivity contribution is -0.134. The van der Waals surface area contributed by atoms with Crippen molar-refractivity contribution in [3.63, 3.8) is 0 Å². The van der Waals surface area contributed by atoms with Crippen LogP contribution in [-0.4, -0.2) is 41.1 Å². The number of hydrogen-bond donors (Lipinski definition) is 1. The molecule has 0 aromatic rings. The minimum Gasteiger partial charge on any atom is -0.394 e. The van der Waals surface area contributed by atoms with Crippen molar-refractivity contribution in [3.8, 4) is 0 Å². The van der Waals surface area contributed by atoms with Gasteiger partial charge in [-0.15, -0.1) is 0 Å². The molecule has 0 radical (unpaired) electrons. The fraction of sp³-hybridized carbons (Fsp3) is 0.857. The molecule has 1 N–H and O–H groups in total. The summed E-state index contributed by atoms with van der Waals surface area (Å²) in [5, 5.41) is 8.73. The first kappa shape index (κ1) is 10.5. The molecule has 0 saturated carbocycles. The zero-order chi connectivity index (χ0) is 10.4. The quantitative estimate of drug-likeness (QED) is 0.651. The zero-order valence-corrected chi connectivity index (χ0v) is 8.63. The minimum atomic E-state index is -3.54. The fourth-order valence-electron chi connectivity index (χ4n) is 1.20. The van der Waals surface area contributed by atoms with E-state index in [0.717, 1.165) is 4.31 Å². The van der Waals surface area contributed by atoms with E-state index in [1.54, 1.807) is 0 Å². The molecule has 1 rings (SSSR count). The number of rotatable bonds is 2. The number of nitrogens with zero attached hydrogens (tertiary/aromatic N) is 1. The Balaban J connectivity index is 3.03. The van der Waals surface area contributed by atoms with Crippen LogP contribution >= 0.6 is 0 Å². The van der Waals surface area contributed by atoms with Gasteiger partial charge in [0.25, 0.3) is 15.9 Å². The Hall–Kier alpha value is -0.620. The Morgan fingerprint density at radius 2 is 2.00 bits per heavy atom. The highest BCUT2D eigenvalue weighted by molar-refractivity contribution is 7.94. The summed E-state index contributed by atoms with van der Waals surface area (Å²) in [5.41, 5.74) is 0. The maximum Gasteiger partial charge on any atom is 0.259 e. The van der Waals surface area contributed by atoms with Crippen LogP contribution in [0.5, 0.6) is 0 Å². The smallest absolute Gasteiger partial charge is 0.259 e. The average molecular weight is 207 g/mol. The van der Waals surface area contributed by atoms with Gasteiger partial charge in [-0.1, -0.05) is 0 Å². The third-order valence-corrected chi connectivity index (χ3v) is 4.79. The fourth-order valence-corrected chi connectivity index (χ4v) is 2.87. The van der Waals surface area contributed by atoms with E-state index < -0.39 is 26.7 Å². The Bertz CT molecular complexity index is 332. The van der Waals surface area contributed by atoms with Crippen LogP contribution in [0, 0.1) is 0 Å². The van der Waals surface area contributed by atoms with Crippen LogP contribution in [0.3, 0.4) is 0 Å². The van der Waals surface area contributed by atoms with Crippen LogP contribution in [0.25, 0.3) is 0 Å². The average Bonchev–Trinajstić information content (AvgIpc) is 2.03. The highest BCUT2D eigenvalue weighted by Gasteiger charge is 2.61. The predicted octanol–water partition coefficient (Wildman–Crippen LogP) is -0.682. The highest BCUT2D eigenvalue weighted by atomic mass is 32.2. The van der Waals surface area contributed by atoms with Crippen molar-refractivity contribution in [2.45, 2.75) is 31.6 Å². The van der Waals surface area contributed by atoms with E-state index in [1.807, 2.05) is 0 Å². The molecular formula is C7H13NO4S. The Kier molecular flexibility index (Phi) is 2.16. The lowest BCUT2D eigenvalue weighted by atomic mass is 10.1. The number of aliphatic hydroxyl groups excluding tert-OH is 1. The van der Waals surface area contributed by atoms with Gasteiger partial charge in [-0.3, -0.25) is 4.79 Å². The maximum absolute atomic E-state index is 11.5. The molecule has 1 atom stereocenters. The van der Waals surface area contributed by atoms with Crippen molar-refractivity contribution in [1.29, 1.82) is 0 Å². The third kappa shape index (κ3) is 1.08. The Labute approximate surface area is 77.4 Å². The lowest BCUT2D eigenvalue weighted by Crippen LogP contribution is -2.69. The van der Waals surface area contributed by atoms with Crippen LogP contribution in [-0.2, 0) is 14.8 Å². The molecule has 0 spiro atoms. The molecule has 0 bridgehead atoms. The molecule has 0 aliphatic carbocycles. The SMILES string of the molecule is C[C@@H](CO)N1C(=O)C(C)(C)S1(=O)=O. The first-order chi connectivity index (χ1) is 5.76. The van der Waals surface area contributed by atoms with Crippen LogP contribution in [0.2, 0.25) is 0 Å². The minimum absolute atomic E-state index is 0.346. The van der Waals surface area contributed by atoms with Gasteiger partial charge in [0.05, 0.1) is 12.6 Å². The van der Waals surface area contributed by atoms with Gasteiger partial charge in [-0.25, -0.2) is 12.7 Å². The molecule has 0 unspecified atom stereocenters. The van der Waals surface area contributed by atoms with Crippen molar-refractivity contribution in [3.05, 3.63) is 0 Å². The number of amides is 1. The zero-order valence-electron chi connectivity index (χ0n) is 7.81. The van der Waals surface area contributed by atoms with Gasteiger partial charge in [0.15, 0.2) is 4.75 Å². The molecule has 6 heteroatoms. The van der Waals surface area contributed by atoms with Gasteiger partial charge >= 0.3 is 0 Å². The molecule has 1 aliphatic rings. The number of sulfonamides is 1. The van der Waals surface area contributed by atoms with Gasteiger partial charge in [0.2, 0.25) is 0 Å². The van der Waals surface area contributed by atoms with E-state index in [-0.39, 0.29) is 6.61 Å². The molecule has 76 valence electrons. The Morgan fingerprint density at radius 1 is 1.54 bits per heavy atom. The predicted molar refractivity (Wildman–Crippen MR) is 46.4 cm³/mol. The normalized spacial score (nSPS) is 26.8.